The predicted molar refractivity (Wildman–Crippen MR) is 114 cm³/mol. The summed E-state index contributed by atoms with van der Waals surface area (Å²) in [7, 11) is 0. The average Bonchev–Trinajstić information content (AvgIpc) is 2.67. The minimum atomic E-state index is -0.198. The number of carbonyl (C=O) groups is 1. The molecule has 1 heterocycles. The number of nitrogens with zero attached hydrogens (tertiary/aromatic N) is 1. The van der Waals surface area contributed by atoms with Gasteiger partial charge in [-0.25, -0.2) is 0 Å². The number of para-hydroxylation sites is 2. The normalized spacial score (nSPS) is 10.6. The molecule has 0 saturated heterocycles. The van der Waals surface area contributed by atoms with Gasteiger partial charge in [0.1, 0.15) is 5.75 Å². The smallest absolute Gasteiger partial charge is 0.257 e. The quantitative estimate of drug-likeness (QED) is 0.599. The van der Waals surface area contributed by atoms with Crippen LogP contribution in [0, 0.1) is 13.8 Å². The molecular weight excluding hydrogens is 350 g/mol. The molecule has 5 nitrogen and oxygen atoms in total. The first-order chi connectivity index (χ1) is 13.4. The lowest BCUT2D eigenvalue weighted by Crippen LogP contribution is -2.13. The Morgan fingerprint density at radius 3 is 2.54 bits per heavy atom. The zero-order valence-corrected chi connectivity index (χ0v) is 16.6. The highest BCUT2D eigenvalue weighted by molar-refractivity contribution is 6.05. The van der Waals surface area contributed by atoms with Gasteiger partial charge < -0.3 is 15.4 Å². The molecule has 1 amide bonds. The van der Waals surface area contributed by atoms with Gasteiger partial charge in [-0.15, -0.1) is 0 Å². The molecule has 144 valence electrons. The van der Waals surface area contributed by atoms with Gasteiger partial charge in [0.25, 0.3) is 5.91 Å². The van der Waals surface area contributed by atoms with Crippen molar-refractivity contribution in [3.63, 3.8) is 0 Å². The average molecular weight is 375 g/mol. The molecule has 0 aliphatic heterocycles. The second kappa shape index (κ2) is 8.57. The number of nitrogens with one attached hydrogen (secondary N) is 2. The molecule has 0 saturated carbocycles. The van der Waals surface area contributed by atoms with Gasteiger partial charge in [0.2, 0.25) is 0 Å². The first-order valence-corrected chi connectivity index (χ1v) is 9.29. The second-order valence-corrected chi connectivity index (χ2v) is 6.95. The van der Waals surface area contributed by atoms with Gasteiger partial charge in [-0.2, -0.15) is 0 Å². The van der Waals surface area contributed by atoms with Crippen LogP contribution in [0.15, 0.2) is 60.9 Å². The van der Waals surface area contributed by atoms with Crippen molar-refractivity contribution >= 4 is 23.0 Å². The molecule has 0 unspecified atom stereocenters. The number of anilines is 3. The van der Waals surface area contributed by atoms with Crippen LogP contribution in [0.1, 0.15) is 35.3 Å². The maximum atomic E-state index is 12.7. The van der Waals surface area contributed by atoms with Gasteiger partial charge in [0, 0.05) is 11.9 Å². The standard InChI is InChI=1S/C23H25N3O2/c1-15(2)28-22-11-6-5-9-21(22)25-19-12-18(13-24-14-19)23(27)26-20-10-7-8-16(3)17(20)4/h5-15,25H,1-4H3,(H,26,27). The number of amides is 1. The largest absolute Gasteiger partial charge is 0.489 e. The van der Waals surface area contributed by atoms with E-state index >= 15 is 0 Å². The van der Waals surface area contributed by atoms with E-state index in [-0.39, 0.29) is 12.0 Å². The molecule has 1 aromatic heterocycles. The molecule has 28 heavy (non-hydrogen) atoms. The predicted octanol–water partition coefficient (Wildman–Crippen LogP) is 5.48. The zero-order chi connectivity index (χ0) is 20.1. The number of hydrogen-bond acceptors (Lipinski definition) is 4. The first kappa shape index (κ1) is 19.4. The van der Waals surface area contributed by atoms with Crippen molar-refractivity contribution in [2.75, 3.05) is 10.6 Å². The lowest BCUT2D eigenvalue weighted by atomic mass is 10.1. The number of benzene rings is 2. The molecule has 0 radical (unpaired) electrons. The van der Waals surface area contributed by atoms with Gasteiger partial charge in [-0.1, -0.05) is 24.3 Å². The Balaban J connectivity index is 1.79. The number of carbonyl (C=O) groups excluding carboxylic acids is 1. The van der Waals surface area contributed by atoms with Crippen molar-refractivity contribution in [2.24, 2.45) is 0 Å². The summed E-state index contributed by atoms with van der Waals surface area (Å²) in [5.41, 5.74) is 5.01. The van der Waals surface area contributed by atoms with Crippen LogP contribution in [-0.4, -0.2) is 17.0 Å². The van der Waals surface area contributed by atoms with E-state index in [1.165, 1.54) is 0 Å². The molecule has 3 aromatic rings. The SMILES string of the molecule is Cc1cccc(NC(=O)c2cncc(Nc3ccccc3OC(C)C)c2)c1C. The van der Waals surface area contributed by atoms with Crippen molar-refractivity contribution in [2.45, 2.75) is 33.8 Å². The summed E-state index contributed by atoms with van der Waals surface area (Å²) in [5.74, 6) is 0.555. The fourth-order valence-electron chi connectivity index (χ4n) is 2.80. The molecule has 2 aromatic carbocycles. The van der Waals surface area contributed by atoms with Crippen LogP contribution >= 0.6 is 0 Å². The minimum absolute atomic E-state index is 0.0655. The van der Waals surface area contributed by atoms with Crippen molar-refractivity contribution in [3.8, 4) is 5.75 Å². The number of aromatic nitrogens is 1. The Morgan fingerprint density at radius 1 is 1.00 bits per heavy atom. The molecule has 0 atom stereocenters. The summed E-state index contributed by atoms with van der Waals surface area (Å²) in [6, 6.07) is 15.3. The van der Waals surface area contributed by atoms with Gasteiger partial charge in [-0.3, -0.25) is 9.78 Å². The first-order valence-electron chi connectivity index (χ1n) is 9.29. The van der Waals surface area contributed by atoms with E-state index in [9.17, 15) is 4.79 Å². The van der Waals surface area contributed by atoms with E-state index in [0.29, 0.717) is 11.3 Å². The number of pyridine rings is 1. The van der Waals surface area contributed by atoms with Crippen molar-refractivity contribution < 1.29 is 9.53 Å². The number of rotatable bonds is 6. The van der Waals surface area contributed by atoms with Gasteiger partial charge in [-0.05, 0) is 63.1 Å². The van der Waals surface area contributed by atoms with Crippen LogP contribution in [0.25, 0.3) is 0 Å². The fourth-order valence-corrected chi connectivity index (χ4v) is 2.80. The van der Waals surface area contributed by atoms with E-state index in [1.807, 2.05) is 70.2 Å². The molecule has 3 rings (SSSR count). The van der Waals surface area contributed by atoms with E-state index in [4.69, 9.17) is 4.74 Å². The highest BCUT2D eigenvalue weighted by Crippen LogP contribution is 2.28. The Kier molecular flexibility index (Phi) is 5.94. The number of aryl methyl sites for hydroxylation is 1. The Hall–Kier alpha value is -3.34. The van der Waals surface area contributed by atoms with Gasteiger partial charge in [0.05, 0.1) is 29.2 Å². The molecule has 0 aliphatic carbocycles. The topological polar surface area (TPSA) is 63.2 Å². The molecule has 2 N–H and O–H groups in total. The van der Waals surface area contributed by atoms with Crippen LogP contribution in [-0.2, 0) is 0 Å². The number of hydrogen-bond donors (Lipinski definition) is 2. The van der Waals surface area contributed by atoms with Crippen LogP contribution in [0.3, 0.4) is 0 Å². The Labute approximate surface area is 165 Å². The lowest BCUT2D eigenvalue weighted by Gasteiger charge is -2.16. The third-order valence-corrected chi connectivity index (χ3v) is 4.38. The van der Waals surface area contributed by atoms with E-state index < -0.39 is 0 Å². The van der Waals surface area contributed by atoms with Gasteiger partial charge in [0.15, 0.2) is 0 Å². The third-order valence-electron chi connectivity index (χ3n) is 4.38. The fraction of sp³-hybridized carbons (Fsp3) is 0.217. The second-order valence-electron chi connectivity index (χ2n) is 6.95. The van der Waals surface area contributed by atoms with Crippen molar-refractivity contribution in [1.82, 2.24) is 4.98 Å². The summed E-state index contributed by atoms with van der Waals surface area (Å²) in [6.45, 7) is 7.98. The Bertz CT molecular complexity index is 983. The van der Waals surface area contributed by atoms with Crippen LogP contribution in [0.5, 0.6) is 5.75 Å². The minimum Gasteiger partial charge on any atom is -0.489 e. The highest BCUT2D eigenvalue weighted by atomic mass is 16.5. The lowest BCUT2D eigenvalue weighted by molar-refractivity contribution is 0.102. The molecule has 0 fully saturated rings. The highest BCUT2D eigenvalue weighted by Gasteiger charge is 2.11. The summed E-state index contributed by atoms with van der Waals surface area (Å²) < 4.78 is 5.84. The zero-order valence-electron chi connectivity index (χ0n) is 16.6. The van der Waals surface area contributed by atoms with E-state index in [2.05, 4.69) is 15.6 Å². The summed E-state index contributed by atoms with van der Waals surface area (Å²) in [4.78, 5) is 16.9. The van der Waals surface area contributed by atoms with Crippen LogP contribution in [0.4, 0.5) is 17.1 Å². The molecule has 5 heteroatoms. The van der Waals surface area contributed by atoms with E-state index in [0.717, 1.165) is 28.3 Å². The van der Waals surface area contributed by atoms with Crippen molar-refractivity contribution in [3.05, 3.63) is 77.6 Å². The monoisotopic (exact) mass is 375 g/mol. The summed E-state index contributed by atoms with van der Waals surface area (Å²) in [6.07, 6.45) is 3.30. The molecule has 0 aliphatic rings. The molecular formula is C23H25N3O2. The van der Waals surface area contributed by atoms with E-state index in [1.54, 1.807) is 18.5 Å². The van der Waals surface area contributed by atoms with Crippen LogP contribution < -0.4 is 15.4 Å². The van der Waals surface area contributed by atoms with Gasteiger partial charge >= 0.3 is 0 Å². The van der Waals surface area contributed by atoms with Crippen LogP contribution in [0.2, 0.25) is 0 Å². The Morgan fingerprint density at radius 2 is 1.75 bits per heavy atom. The summed E-state index contributed by atoms with van der Waals surface area (Å²) in [5, 5.41) is 6.25. The number of ether oxygens (including phenoxy) is 1. The maximum absolute atomic E-state index is 12.7. The maximum Gasteiger partial charge on any atom is 0.257 e. The van der Waals surface area contributed by atoms with Crippen molar-refractivity contribution in [1.29, 1.82) is 0 Å². The third kappa shape index (κ3) is 4.68. The summed E-state index contributed by atoms with van der Waals surface area (Å²) >= 11 is 0. The molecule has 0 bridgehead atoms. The molecule has 0 spiro atoms.